The summed E-state index contributed by atoms with van der Waals surface area (Å²) in [5.74, 6) is -0.784. The van der Waals surface area contributed by atoms with Crippen molar-refractivity contribution in [1.82, 2.24) is 4.90 Å². The van der Waals surface area contributed by atoms with Crippen LogP contribution in [-0.2, 0) is 19.1 Å². The summed E-state index contributed by atoms with van der Waals surface area (Å²) in [4.78, 5) is 35.9. The van der Waals surface area contributed by atoms with Gasteiger partial charge in [0.1, 0.15) is 6.42 Å². The van der Waals surface area contributed by atoms with Crippen LogP contribution in [0.1, 0.15) is 33.1 Å². The Morgan fingerprint density at radius 1 is 1.47 bits per heavy atom. The monoisotopic (exact) mass is 241 g/mol. The predicted molar refractivity (Wildman–Crippen MR) is 61.2 cm³/mol. The molecule has 0 aromatic heterocycles. The molecular weight excluding hydrogens is 222 g/mol. The van der Waals surface area contributed by atoms with Crippen LogP contribution in [0.2, 0.25) is 0 Å². The van der Waals surface area contributed by atoms with Gasteiger partial charge in [-0.1, -0.05) is 6.92 Å². The number of hydrogen-bond donors (Lipinski definition) is 0. The van der Waals surface area contributed by atoms with E-state index in [9.17, 15) is 14.4 Å². The molecule has 5 nitrogen and oxygen atoms in total. The summed E-state index contributed by atoms with van der Waals surface area (Å²) in [7, 11) is 0. The highest BCUT2D eigenvalue weighted by Crippen LogP contribution is 2.16. The Morgan fingerprint density at radius 2 is 2.18 bits per heavy atom. The normalized spacial score (nSPS) is 20.2. The molecule has 1 rings (SSSR count). The van der Waals surface area contributed by atoms with E-state index in [1.54, 1.807) is 6.92 Å². The molecule has 0 bridgehead atoms. The maximum absolute atomic E-state index is 11.7. The van der Waals surface area contributed by atoms with Crippen LogP contribution in [0.4, 0.5) is 0 Å². The van der Waals surface area contributed by atoms with Gasteiger partial charge in [0.05, 0.1) is 13.2 Å². The molecule has 0 aromatic carbocycles. The number of carbonyl (C=O) groups is 3. The average Bonchev–Trinajstić information content (AvgIpc) is 2.25. The van der Waals surface area contributed by atoms with Gasteiger partial charge in [-0.15, -0.1) is 0 Å². The number of carbonyl (C=O) groups excluding carboxylic acids is 3. The molecule has 0 spiro atoms. The van der Waals surface area contributed by atoms with E-state index in [0.717, 1.165) is 12.8 Å². The zero-order valence-corrected chi connectivity index (χ0v) is 10.4. The number of ether oxygens (including phenoxy) is 1. The zero-order valence-electron chi connectivity index (χ0n) is 10.4. The summed E-state index contributed by atoms with van der Waals surface area (Å²) in [6, 6.07) is 0. The van der Waals surface area contributed by atoms with Crippen LogP contribution < -0.4 is 0 Å². The molecule has 1 aliphatic heterocycles. The molecule has 1 saturated heterocycles. The SMILES string of the molecule is CCOC(=O)CC(=O)CN1CCCC(C)C1=O. The van der Waals surface area contributed by atoms with Crippen molar-refractivity contribution in [2.24, 2.45) is 5.92 Å². The number of Topliss-reactive ketones (excluding diaryl/α,β-unsaturated/α-hetero) is 1. The third-order valence-electron chi connectivity index (χ3n) is 2.81. The number of likely N-dealkylation sites (tertiary alicyclic amines) is 1. The van der Waals surface area contributed by atoms with E-state index < -0.39 is 5.97 Å². The molecule has 5 heteroatoms. The number of nitrogens with zero attached hydrogens (tertiary/aromatic N) is 1. The Balaban J connectivity index is 2.40. The summed E-state index contributed by atoms with van der Waals surface area (Å²) in [5, 5.41) is 0. The van der Waals surface area contributed by atoms with Crippen LogP contribution in [0.5, 0.6) is 0 Å². The fourth-order valence-electron chi connectivity index (χ4n) is 1.93. The van der Waals surface area contributed by atoms with Crippen molar-refractivity contribution in [3.63, 3.8) is 0 Å². The second-order valence-electron chi connectivity index (χ2n) is 4.32. The highest BCUT2D eigenvalue weighted by Gasteiger charge is 2.26. The highest BCUT2D eigenvalue weighted by molar-refractivity contribution is 5.98. The minimum absolute atomic E-state index is 0.00783. The van der Waals surface area contributed by atoms with Crippen molar-refractivity contribution in [3.05, 3.63) is 0 Å². The van der Waals surface area contributed by atoms with E-state index in [2.05, 4.69) is 4.74 Å². The molecule has 17 heavy (non-hydrogen) atoms. The second-order valence-corrected chi connectivity index (χ2v) is 4.32. The molecule has 1 unspecified atom stereocenters. The summed E-state index contributed by atoms with van der Waals surface area (Å²) in [6.45, 7) is 4.47. The number of hydrogen-bond acceptors (Lipinski definition) is 4. The smallest absolute Gasteiger partial charge is 0.313 e. The Morgan fingerprint density at radius 3 is 2.82 bits per heavy atom. The lowest BCUT2D eigenvalue weighted by molar-refractivity contribution is -0.148. The Bertz CT molecular complexity index is 314. The van der Waals surface area contributed by atoms with Gasteiger partial charge in [0, 0.05) is 12.5 Å². The molecule has 1 amide bonds. The number of amides is 1. The molecule has 1 heterocycles. The summed E-state index contributed by atoms with van der Waals surface area (Å²) < 4.78 is 4.69. The standard InChI is InChI=1S/C12H19NO4/c1-3-17-11(15)7-10(14)8-13-6-4-5-9(2)12(13)16/h9H,3-8H2,1-2H3. The fraction of sp³-hybridized carbons (Fsp3) is 0.750. The van der Waals surface area contributed by atoms with Crippen LogP contribution in [0, 0.1) is 5.92 Å². The van der Waals surface area contributed by atoms with Gasteiger partial charge in [-0.25, -0.2) is 0 Å². The zero-order chi connectivity index (χ0) is 12.8. The van der Waals surface area contributed by atoms with E-state index in [4.69, 9.17) is 0 Å². The summed E-state index contributed by atoms with van der Waals surface area (Å²) >= 11 is 0. The van der Waals surface area contributed by atoms with E-state index in [-0.39, 0.29) is 37.2 Å². The van der Waals surface area contributed by atoms with Gasteiger partial charge in [-0.3, -0.25) is 14.4 Å². The van der Waals surface area contributed by atoms with E-state index in [0.29, 0.717) is 6.54 Å². The number of esters is 1. The van der Waals surface area contributed by atoms with Gasteiger partial charge in [0.2, 0.25) is 5.91 Å². The van der Waals surface area contributed by atoms with Crippen molar-refractivity contribution in [3.8, 4) is 0 Å². The quantitative estimate of drug-likeness (QED) is 0.527. The molecule has 1 atom stereocenters. The van der Waals surface area contributed by atoms with Crippen molar-refractivity contribution >= 4 is 17.7 Å². The molecule has 1 aliphatic rings. The van der Waals surface area contributed by atoms with E-state index in [1.165, 1.54) is 4.90 Å². The van der Waals surface area contributed by atoms with Gasteiger partial charge in [-0.05, 0) is 19.8 Å². The lowest BCUT2D eigenvalue weighted by atomic mass is 9.99. The highest BCUT2D eigenvalue weighted by atomic mass is 16.5. The first-order chi connectivity index (χ1) is 8.04. The van der Waals surface area contributed by atoms with Gasteiger partial charge in [0.15, 0.2) is 5.78 Å². The van der Waals surface area contributed by atoms with Crippen LogP contribution in [0.25, 0.3) is 0 Å². The van der Waals surface area contributed by atoms with Crippen molar-refractivity contribution in [2.75, 3.05) is 19.7 Å². The fourth-order valence-corrected chi connectivity index (χ4v) is 1.93. The van der Waals surface area contributed by atoms with Gasteiger partial charge in [-0.2, -0.15) is 0 Å². The van der Waals surface area contributed by atoms with Crippen molar-refractivity contribution < 1.29 is 19.1 Å². The van der Waals surface area contributed by atoms with E-state index >= 15 is 0 Å². The minimum Gasteiger partial charge on any atom is -0.466 e. The molecule has 0 radical (unpaired) electrons. The minimum atomic E-state index is -0.519. The molecule has 0 N–H and O–H groups in total. The van der Waals surface area contributed by atoms with E-state index in [1.807, 2.05) is 6.92 Å². The summed E-state index contributed by atoms with van der Waals surface area (Å²) in [6.07, 6.45) is 1.55. The topological polar surface area (TPSA) is 63.7 Å². The Kier molecular flexibility index (Phi) is 5.12. The Labute approximate surface area is 101 Å². The molecule has 0 aliphatic carbocycles. The first kappa shape index (κ1) is 13.7. The lowest BCUT2D eigenvalue weighted by Crippen LogP contribution is -2.43. The van der Waals surface area contributed by atoms with Gasteiger partial charge < -0.3 is 9.64 Å². The number of ketones is 1. The van der Waals surface area contributed by atoms with Crippen molar-refractivity contribution in [2.45, 2.75) is 33.1 Å². The first-order valence-electron chi connectivity index (χ1n) is 6.00. The second kappa shape index (κ2) is 6.37. The molecule has 0 aromatic rings. The molecule has 1 fully saturated rings. The number of rotatable bonds is 5. The maximum atomic E-state index is 11.7. The molecule has 0 saturated carbocycles. The third kappa shape index (κ3) is 4.17. The van der Waals surface area contributed by atoms with Crippen LogP contribution >= 0.6 is 0 Å². The molecular formula is C12H19NO4. The maximum Gasteiger partial charge on any atom is 0.313 e. The van der Waals surface area contributed by atoms with Crippen LogP contribution in [0.15, 0.2) is 0 Å². The molecule has 96 valence electrons. The predicted octanol–water partition coefficient (Wildman–Crippen LogP) is 0.767. The summed E-state index contributed by atoms with van der Waals surface area (Å²) in [5.41, 5.74) is 0. The first-order valence-corrected chi connectivity index (χ1v) is 6.00. The lowest BCUT2D eigenvalue weighted by Gasteiger charge is -2.29. The third-order valence-corrected chi connectivity index (χ3v) is 2.81. The van der Waals surface area contributed by atoms with Crippen molar-refractivity contribution in [1.29, 1.82) is 0 Å². The van der Waals surface area contributed by atoms with Gasteiger partial charge in [0.25, 0.3) is 0 Å². The largest absolute Gasteiger partial charge is 0.466 e. The number of piperidine rings is 1. The van der Waals surface area contributed by atoms with Crippen LogP contribution in [0.3, 0.4) is 0 Å². The van der Waals surface area contributed by atoms with Gasteiger partial charge >= 0.3 is 5.97 Å². The van der Waals surface area contributed by atoms with Crippen LogP contribution in [-0.4, -0.2) is 42.3 Å². The Hall–Kier alpha value is -1.39. The average molecular weight is 241 g/mol.